The summed E-state index contributed by atoms with van der Waals surface area (Å²) in [6.07, 6.45) is 4.85. The number of rotatable bonds is 5. The van der Waals surface area contributed by atoms with Crippen molar-refractivity contribution in [3.05, 3.63) is 34.9 Å². The molecule has 2 saturated heterocycles. The van der Waals surface area contributed by atoms with E-state index in [9.17, 15) is 13.2 Å². The van der Waals surface area contributed by atoms with E-state index >= 15 is 0 Å². The number of carbonyl (C=O) groups is 1. The lowest BCUT2D eigenvalue weighted by atomic mass is 10.00. The van der Waals surface area contributed by atoms with Crippen molar-refractivity contribution in [2.45, 2.75) is 65.5 Å². The van der Waals surface area contributed by atoms with Crippen molar-refractivity contribution in [2.75, 3.05) is 26.2 Å². The van der Waals surface area contributed by atoms with E-state index in [1.807, 2.05) is 30.9 Å². The second kappa shape index (κ2) is 8.93. The maximum absolute atomic E-state index is 13.2. The minimum atomic E-state index is -3.63. The third-order valence-corrected chi connectivity index (χ3v) is 7.98. The molecule has 0 spiro atoms. The summed E-state index contributed by atoms with van der Waals surface area (Å²) in [4.78, 5) is 14.8. The maximum Gasteiger partial charge on any atom is 0.282 e. The monoisotopic (exact) mass is 407 g/mol. The van der Waals surface area contributed by atoms with Crippen LogP contribution in [-0.4, -0.2) is 60.1 Å². The standard InChI is InChI=1S/C21H33N3O3S/c1-4-20-8-5-6-13-24(20)21(25)16-23-12-7-11-22(28(23,26)27)15-19-14-17(2)9-10-18(19)3/h9-10,14,20H,4-8,11-13,15-16H2,1-3H3. The predicted octanol–water partition coefficient (Wildman–Crippen LogP) is 2.85. The molecule has 0 aromatic heterocycles. The van der Waals surface area contributed by atoms with Gasteiger partial charge in [-0.2, -0.15) is 17.0 Å². The number of nitrogens with zero attached hydrogens (tertiary/aromatic N) is 3. The molecule has 2 aliphatic rings. The van der Waals surface area contributed by atoms with Crippen LogP contribution in [-0.2, 0) is 21.5 Å². The summed E-state index contributed by atoms with van der Waals surface area (Å²) in [7, 11) is -3.63. The molecule has 1 atom stereocenters. The molecule has 0 aliphatic carbocycles. The Kier molecular flexibility index (Phi) is 6.78. The Morgan fingerprint density at radius 2 is 1.82 bits per heavy atom. The minimum Gasteiger partial charge on any atom is -0.339 e. The molecule has 0 saturated carbocycles. The molecule has 3 rings (SSSR count). The maximum atomic E-state index is 13.2. The molecule has 2 heterocycles. The van der Waals surface area contributed by atoms with Gasteiger partial charge in [0.1, 0.15) is 0 Å². The van der Waals surface area contributed by atoms with Crippen LogP contribution in [0.2, 0.25) is 0 Å². The Balaban J connectivity index is 1.72. The SMILES string of the molecule is CCC1CCCCN1C(=O)CN1CCCN(Cc2cc(C)ccc2C)S1(=O)=O. The third-order valence-electron chi connectivity index (χ3n) is 6.05. The first-order chi connectivity index (χ1) is 13.3. The zero-order chi connectivity index (χ0) is 20.3. The van der Waals surface area contributed by atoms with Crippen molar-refractivity contribution in [3.63, 3.8) is 0 Å². The highest BCUT2D eigenvalue weighted by Crippen LogP contribution is 2.24. The number of aryl methyl sites for hydroxylation is 2. The first kappa shape index (κ1) is 21.3. The quantitative estimate of drug-likeness (QED) is 0.754. The smallest absolute Gasteiger partial charge is 0.282 e. The molecule has 156 valence electrons. The molecular formula is C21H33N3O3S. The second-order valence-corrected chi connectivity index (χ2v) is 10.0. The van der Waals surface area contributed by atoms with Gasteiger partial charge in [-0.25, -0.2) is 0 Å². The first-order valence-electron chi connectivity index (χ1n) is 10.4. The lowest BCUT2D eigenvalue weighted by Crippen LogP contribution is -2.54. The van der Waals surface area contributed by atoms with E-state index in [2.05, 4.69) is 13.0 Å². The van der Waals surface area contributed by atoms with Crippen LogP contribution in [0.4, 0.5) is 0 Å². The van der Waals surface area contributed by atoms with Gasteiger partial charge in [0.05, 0.1) is 6.54 Å². The van der Waals surface area contributed by atoms with Crippen LogP contribution in [0.15, 0.2) is 18.2 Å². The van der Waals surface area contributed by atoms with Crippen molar-refractivity contribution in [1.82, 2.24) is 13.5 Å². The van der Waals surface area contributed by atoms with Crippen LogP contribution in [0, 0.1) is 13.8 Å². The number of hydrogen-bond donors (Lipinski definition) is 0. The van der Waals surface area contributed by atoms with Crippen LogP contribution in [0.1, 0.15) is 55.7 Å². The van der Waals surface area contributed by atoms with Crippen molar-refractivity contribution in [3.8, 4) is 0 Å². The number of piperidine rings is 1. The number of hydrogen-bond acceptors (Lipinski definition) is 3. The molecule has 0 radical (unpaired) electrons. The summed E-state index contributed by atoms with van der Waals surface area (Å²) in [6.45, 7) is 8.11. The van der Waals surface area contributed by atoms with Gasteiger partial charge in [-0.3, -0.25) is 4.79 Å². The Morgan fingerprint density at radius 1 is 1.07 bits per heavy atom. The van der Waals surface area contributed by atoms with Crippen LogP contribution in [0.3, 0.4) is 0 Å². The number of carbonyl (C=O) groups excluding carboxylic acids is 1. The normalized spacial score (nSPS) is 23.7. The molecule has 2 aliphatic heterocycles. The van der Waals surface area contributed by atoms with E-state index in [0.717, 1.165) is 55.3 Å². The number of amides is 1. The van der Waals surface area contributed by atoms with E-state index in [1.165, 1.54) is 8.61 Å². The van der Waals surface area contributed by atoms with Gasteiger partial charge in [0, 0.05) is 32.2 Å². The fraction of sp³-hybridized carbons (Fsp3) is 0.667. The Hall–Kier alpha value is -1.44. The summed E-state index contributed by atoms with van der Waals surface area (Å²) >= 11 is 0. The summed E-state index contributed by atoms with van der Waals surface area (Å²) in [5.74, 6) is -0.0521. The van der Waals surface area contributed by atoms with Gasteiger partial charge in [-0.05, 0) is 57.1 Å². The fourth-order valence-corrected chi connectivity index (χ4v) is 5.92. The Labute approximate surface area is 169 Å². The topological polar surface area (TPSA) is 60.9 Å². The summed E-state index contributed by atoms with van der Waals surface area (Å²) in [5.41, 5.74) is 3.24. The van der Waals surface area contributed by atoms with E-state index < -0.39 is 10.2 Å². The molecule has 0 N–H and O–H groups in total. The van der Waals surface area contributed by atoms with Gasteiger partial charge in [0.2, 0.25) is 5.91 Å². The molecule has 1 amide bonds. The highest BCUT2D eigenvalue weighted by molar-refractivity contribution is 7.86. The fourth-order valence-electron chi connectivity index (χ4n) is 4.29. The summed E-state index contributed by atoms with van der Waals surface area (Å²) < 4.78 is 29.2. The zero-order valence-electron chi connectivity index (χ0n) is 17.4. The lowest BCUT2D eigenvalue weighted by molar-refractivity contribution is -0.135. The van der Waals surface area contributed by atoms with E-state index in [0.29, 0.717) is 19.6 Å². The van der Waals surface area contributed by atoms with Crippen LogP contribution >= 0.6 is 0 Å². The van der Waals surface area contributed by atoms with Crippen molar-refractivity contribution >= 4 is 16.1 Å². The highest BCUT2D eigenvalue weighted by atomic mass is 32.2. The van der Waals surface area contributed by atoms with Crippen molar-refractivity contribution in [2.24, 2.45) is 0 Å². The zero-order valence-corrected chi connectivity index (χ0v) is 18.2. The average Bonchev–Trinajstić information content (AvgIpc) is 2.67. The van der Waals surface area contributed by atoms with Crippen LogP contribution in [0.5, 0.6) is 0 Å². The Morgan fingerprint density at radius 3 is 2.57 bits per heavy atom. The lowest BCUT2D eigenvalue weighted by Gasteiger charge is -2.38. The van der Waals surface area contributed by atoms with Gasteiger partial charge in [-0.15, -0.1) is 0 Å². The summed E-state index contributed by atoms with van der Waals surface area (Å²) in [6, 6.07) is 6.37. The van der Waals surface area contributed by atoms with Crippen molar-refractivity contribution < 1.29 is 13.2 Å². The molecule has 1 unspecified atom stereocenters. The molecular weight excluding hydrogens is 374 g/mol. The molecule has 7 heteroatoms. The number of benzene rings is 1. The second-order valence-electron chi connectivity index (χ2n) is 8.10. The van der Waals surface area contributed by atoms with Gasteiger partial charge < -0.3 is 4.90 Å². The van der Waals surface area contributed by atoms with E-state index in [-0.39, 0.29) is 18.5 Å². The summed E-state index contributed by atoms with van der Waals surface area (Å²) in [5, 5.41) is 0. The molecule has 1 aromatic carbocycles. The average molecular weight is 408 g/mol. The van der Waals surface area contributed by atoms with Crippen LogP contribution in [0.25, 0.3) is 0 Å². The first-order valence-corrected chi connectivity index (χ1v) is 11.8. The molecule has 0 bridgehead atoms. The number of likely N-dealkylation sites (tertiary alicyclic amines) is 1. The molecule has 2 fully saturated rings. The van der Waals surface area contributed by atoms with E-state index in [1.54, 1.807) is 0 Å². The van der Waals surface area contributed by atoms with Gasteiger partial charge in [0.15, 0.2) is 0 Å². The van der Waals surface area contributed by atoms with Gasteiger partial charge >= 0.3 is 0 Å². The predicted molar refractivity (Wildman–Crippen MR) is 111 cm³/mol. The molecule has 1 aromatic rings. The third kappa shape index (κ3) is 4.58. The molecule has 6 nitrogen and oxygen atoms in total. The molecule has 28 heavy (non-hydrogen) atoms. The Bertz CT molecular complexity index is 809. The van der Waals surface area contributed by atoms with Gasteiger partial charge in [-0.1, -0.05) is 30.7 Å². The van der Waals surface area contributed by atoms with Crippen LogP contribution < -0.4 is 0 Å². The minimum absolute atomic E-state index is 0.0396. The van der Waals surface area contributed by atoms with Gasteiger partial charge in [0.25, 0.3) is 10.2 Å². The largest absolute Gasteiger partial charge is 0.339 e. The van der Waals surface area contributed by atoms with Crippen molar-refractivity contribution in [1.29, 1.82) is 0 Å². The highest BCUT2D eigenvalue weighted by Gasteiger charge is 2.36. The van der Waals surface area contributed by atoms with E-state index in [4.69, 9.17) is 0 Å².